The molecule has 0 aliphatic heterocycles. The monoisotopic (exact) mass is 398 g/mol. The molecule has 0 spiro atoms. The molecule has 3 atom stereocenters. The number of carbonyl (C=O) groups excluding carboxylic acids is 1. The van der Waals surface area contributed by atoms with Gasteiger partial charge in [-0.3, -0.25) is 4.79 Å². The average Bonchev–Trinajstić information content (AvgIpc) is 2.67. The van der Waals surface area contributed by atoms with Gasteiger partial charge in [-0.25, -0.2) is 0 Å². The largest absolute Gasteiger partial charge is 0.353 e. The summed E-state index contributed by atoms with van der Waals surface area (Å²) in [5.74, 6) is 0.874. The highest BCUT2D eigenvalue weighted by atomic mass is 16.1. The smallest absolute Gasteiger partial charge is 0.220 e. The van der Waals surface area contributed by atoms with Gasteiger partial charge in [0.1, 0.15) is 0 Å². The lowest BCUT2D eigenvalue weighted by Crippen LogP contribution is -2.44. The number of amides is 1. The van der Waals surface area contributed by atoms with E-state index in [1.165, 1.54) is 44.1 Å². The highest BCUT2D eigenvalue weighted by Crippen LogP contribution is 2.60. The molecule has 2 bridgehead atoms. The van der Waals surface area contributed by atoms with Crippen LogP contribution in [-0.2, 0) is 4.79 Å². The van der Waals surface area contributed by atoms with Crippen molar-refractivity contribution in [3.8, 4) is 0 Å². The Morgan fingerprint density at radius 1 is 1.17 bits per heavy atom. The Bertz CT molecular complexity index is 643. The Morgan fingerprint density at radius 3 is 2.66 bits per heavy atom. The lowest BCUT2D eigenvalue weighted by molar-refractivity contribution is -0.122. The summed E-state index contributed by atoms with van der Waals surface area (Å²) in [5.41, 5.74) is 7.94. The maximum absolute atomic E-state index is 12.6. The van der Waals surface area contributed by atoms with Crippen LogP contribution in [0.2, 0.25) is 0 Å². The van der Waals surface area contributed by atoms with Crippen molar-refractivity contribution in [2.45, 2.75) is 103 Å². The molecule has 3 fully saturated rings. The molecule has 29 heavy (non-hydrogen) atoms. The van der Waals surface area contributed by atoms with Crippen LogP contribution in [0.4, 0.5) is 0 Å². The molecule has 1 amide bonds. The van der Waals surface area contributed by atoms with Crippen LogP contribution in [-0.4, -0.2) is 18.0 Å². The number of nitrogens with one attached hydrogen (secondary N) is 1. The maximum Gasteiger partial charge on any atom is 0.220 e. The van der Waals surface area contributed by atoms with Gasteiger partial charge in [-0.2, -0.15) is 0 Å². The second kappa shape index (κ2) is 9.64. The molecule has 0 aromatic rings. The van der Waals surface area contributed by atoms with Gasteiger partial charge in [-0.15, -0.1) is 0 Å². The molecule has 162 valence electrons. The Hall–Kier alpha value is -1.35. The van der Waals surface area contributed by atoms with Gasteiger partial charge in [0.15, 0.2) is 0 Å². The summed E-state index contributed by atoms with van der Waals surface area (Å²) >= 11 is 0. The van der Waals surface area contributed by atoms with Gasteiger partial charge in [0.2, 0.25) is 5.91 Å². The van der Waals surface area contributed by atoms with E-state index in [0.717, 1.165) is 32.1 Å². The van der Waals surface area contributed by atoms with Crippen LogP contribution in [0.25, 0.3) is 0 Å². The first-order valence-electron chi connectivity index (χ1n) is 11.9. The molecule has 0 aromatic heterocycles. The van der Waals surface area contributed by atoms with Gasteiger partial charge in [0.25, 0.3) is 0 Å². The Labute approximate surface area is 178 Å². The number of hydrogen-bond donors (Lipinski definition) is 2. The SMILES string of the molecule is C=C(/C=C\C=C/C)[C@]12CCC[C@](C)(CC(CCC(=O)NC3CCC(N)CC3)C1)C2. The summed E-state index contributed by atoms with van der Waals surface area (Å²) in [4.78, 5) is 12.6. The first-order chi connectivity index (χ1) is 13.8. The zero-order chi connectivity index (χ0) is 20.9. The van der Waals surface area contributed by atoms with Gasteiger partial charge in [-0.05, 0) is 93.5 Å². The second-order valence-corrected chi connectivity index (χ2v) is 10.5. The van der Waals surface area contributed by atoms with Crippen LogP contribution < -0.4 is 11.1 Å². The minimum absolute atomic E-state index is 0.240. The standard InChI is InChI=1S/C26H42N2O/c1-4-5-6-8-20(2)26-16-7-15-25(3,19-26)17-21(18-26)9-14-24(29)28-23-12-10-22(27)11-13-23/h4-6,8,21-23H,2,7,9-19,27H2,1,3H3,(H,28,29)/b5-4-,8-6-/t21?,22?,23?,25-,26-/m1/s1. The van der Waals surface area contributed by atoms with Gasteiger partial charge in [0.05, 0.1) is 0 Å². The Balaban J connectivity index is 1.57. The molecular formula is C26H42N2O. The summed E-state index contributed by atoms with van der Waals surface area (Å²) in [7, 11) is 0. The predicted octanol–water partition coefficient (Wildman–Crippen LogP) is 5.82. The number of nitrogens with two attached hydrogens (primary N) is 1. The third-order valence-electron chi connectivity index (χ3n) is 7.86. The molecule has 0 heterocycles. The molecule has 3 saturated carbocycles. The number of hydrogen-bond acceptors (Lipinski definition) is 2. The summed E-state index contributed by atoms with van der Waals surface area (Å²) in [5, 5.41) is 3.27. The quantitative estimate of drug-likeness (QED) is 0.531. The van der Waals surface area contributed by atoms with Crippen molar-refractivity contribution in [1.29, 1.82) is 0 Å². The van der Waals surface area contributed by atoms with Crippen LogP contribution in [0.3, 0.4) is 0 Å². The van der Waals surface area contributed by atoms with Crippen molar-refractivity contribution in [3.05, 3.63) is 36.5 Å². The van der Waals surface area contributed by atoms with Crippen LogP contribution in [0.1, 0.15) is 90.9 Å². The molecule has 0 saturated heterocycles. The molecule has 3 N–H and O–H groups in total. The fraction of sp³-hybridized carbons (Fsp3) is 0.731. The number of allylic oxidation sites excluding steroid dienone is 5. The molecule has 3 aliphatic rings. The van der Waals surface area contributed by atoms with E-state index >= 15 is 0 Å². The van der Waals surface area contributed by atoms with E-state index in [1.54, 1.807) is 0 Å². The lowest BCUT2D eigenvalue weighted by Gasteiger charge is -2.54. The third kappa shape index (κ3) is 5.84. The zero-order valence-electron chi connectivity index (χ0n) is 18.7. The molecular weight excluding hydrogens is 356 g/mol. The molecule has 0 radical (unpaired) electrons. The van der Waals surface area contributed by atoms with E-state index in [4.69, 9.17) is 5.73 Å². The van der Waals surface area contributed by atoms with Crippen LogP contribution in [0.5, 0.6) is 0 Å². The molecule has 1 unspecified atom stereocenters. The summed E-state index contributed by atoms with van der Waals surface area (Å²) < 4.78 is 0. The van der Waals surface area contributed by atoms with Crippen molar-refractivity contribution in [2.75, 3.05) is 0 Å². The molecule has 3 nitrogen and oxygen atoms in total. The highest BCUT2D eigenvalue weighted by molar-refractivity contribution is 5.76. The predicted molar refractivity (Wildman–Crippen MR) is 122 cm³/mol. The van der Waals surface area contributed by atoms with E-state index in [9.17, 15) is 4.79 Å². The number of rotatable bonds is 7. The average molecular weight is 399 g/mol. The molecule has 3 aliphatic carbocycles. The first kappa shape index (κ1) is 22.3. The third-order valence-corrected chi connectivity index (χ3v) is 7.86. The summed E-state index contributed by atoms with van der Waals surface area (Å²) in [6.45, 7) is 9.02. The second-order valence-electron chi connectivity index (χ2n) is 10.5. The normalized spacial score (nSPS) is 37.7. The van der Waals surface area contributed by atoms with E-state index < -0.39 is 0 Å². The van der Waals surface area contributed by atoms with Crippen molar-refractivity contribution >= 4 is 5.91 Å². The van der Waals surface area contributed by atoms with E-state index in [1.807, 2.05) is 6.92 Å². The zero-order valence-corrected chi connectivity index (χ0v) is 18.7. The van der Waals surface area contributed by atoms with Crippen molar-refractivity contribution < 1.29 is 4.79 Å². The van der Waals surface area contributed by atoms with E-state index in [0.29, 0.717) is 29.8 Å². The van der Waals surface area contributed by atoms with Crippen molar-refractivity contribution in [1.82, 2.24) is 5.32 Å². The Kier molecular flexibility index (Phi) is 7.42. The molecule has 0 aromatic carbocycles. The summed E-state index contributed by atoms with van der Waals surface area (Å²) in [6, 6.07) is 0.671. The lowest BCUT2D eigenvalue weighted by atomic mass is 9.50. The Morgan fingerprint density at radius 2 is 1.93 bits per heavy atom. The van der Waals surface area contributed by atoms with Crippen LogP contribution in [0.15, 0.2) is 36.5 Å². The van der Waals surface area contributed by atoms with Gasteiger partial charge < -0.3 is 11.1 Å². The minimum atomic E-state index is 0.240. The van der Waals surface area contributed by atoms with Gasteiger partial charge in [0, 0.05) is 18.5 Å². The minimum Gasteiger partial charge on any atom is -0.353 e. The summed E-state index contributed by atoms with van der Waals surface area (Å²) in [6.07, 6.45) is 22.0. The number of carbonyl (C=O) groups is 1. The van der Waals surface area contributed by atoms with Crippen molar-refractivity contribution in [3.63, 3.8) is 0 Å². The van der Waals surface area contributed by atoms with Gasteiger partial charge in [-0.1, -0.05) is 44.2 Å². The van der Waals surface area contributed by atoms with Crippen LogP contribution >= 0.6 is 0 Å². The first-order valence-corrected chi connectivity index (χ1v) is 11.9. The maximum atomic E-state index is 12.6. The topological polar surface area (TPSA) is 55.1 Å². The fourth-order valence-corrected chi connectivity index (χ4v) is 6.48. The van der Waals surface area contributed by atoms with Crippen LogP contribution in [0, 0.1) is 16.7 Å². The van der Waals surface area contributed by atoms with E-state index in [2.05, 4.69) is 43.1 Å². The van der Waals surface area contributed by atoms with Crippen molar-refractivity contribution in [2.24, 2.45) is 22.5 Å². The molecule has 3 rings (SSSR count). The fourth-order valence-electron chi connectivity index (χ4n) is 6.48. The van der Waals surface area contributed by atoms with E-state index in [-0.39, 0.29) is 11.3 Å². The number of fused-ring (bicyclic) bond motifs is 2. The highest BCUT2D eigenvalue weighted by Gasteiger charge is 2.49. The molecule has 3 heteroatoms. The van der Waals surface area contributed by atoms with Gasteiger partial charge >= 0.3 is 0 Å².